The lowest BCUT2D eigenvalue weighted by atomic mass is 9.84. The smallest absolute Gasteiger partial charge is 0.317 e. The minimum atomic E-state index is -0.209. The van der Waals surface area contributed by atoms with Crippen molar-refractivity contribution in [3.05, 3.63) is 59.2 Å². The van der Waals surface area contributed by atoms with Crippen LogP contribution in [-0.4, -0.2) is 37.2 Å². The molecule has 1 N–H and O–H groups in total. The normalized spacial score (nSPS) is 15.9. The molecule has 5 nitrogen and oxygen atoms in total. The molecule has 0 unspecified atom stereocenters. The van der Waals surface area contributed by atoms with Crippen LogP contribution in [0.3, 0.4) is 0 Å². The van der Waals surface area contributed by atoms with Crippen molar-refractivity contribution in [2.75, 3.05) is 26.3 Å². The van der Waals surface area contributed by atoms with E-state index in [0.29, 0.717) is 26.3 Å². The van der Waals surface area contributed by atoms with E-state index >= 15 is 0 Å². The van der Waals surface area contributed by atoms with E-state index in [1.165, 1.54) is 11.1 Å². The monoisotopic (exact) mass is 366 g/mol. The topological polar surface area (TPSA) is 50.8 Å². The molecule has 0 spiro atoms. The lowest BCUT2D eigenvalue weighted by Crippen LogP contribution is -2.46. The highest BCUT2D eigenvalue weighted by atomic mass is 16.6. The fraction of sp³-hybridized carbons (Fsp3) is 0.409. The third-order valence-electron chi connectivity index (χ3n) is 5.42. The minimum Gasteiger partial charge on any atom is -0.486 e. The van der Waals surface area contributed by atoms with Gasteiger partial charge in [-0.1, -0.05) is 44.2 Å². The van der Waals surface area contributed by atoms with Crippen molar-refractivity contribution in [2.45, 2.75) is 32.2 Å². The molecule has 2 aromatic rings. The molecule has 0 saturated carbocycles. The zero-order valence-electron chi connectivity index (χ0n) is 16.0. The molecule has 0 atom stereocenters. The van der Waals surface area contributed by atoms with Crippen LogP contribution >= 0.6 is 0 Å². The summed E-state index contributed by atoms with van der Waals surface area (Å²) >= 11 is 0. The maximum Gasteiger partial charge on any atom is 0.317 e. The van der Waals surface area contributed by atoms with Crippen LogP contribution in [0, 0.1) is 0 Å². The second-order valence-corrected chi connectivity index (χ2v) is 7.84. The molecule has 0 radical (unpaired) electrons. The summed E-state index contributed by atoms with van der Waals surface area (Å²) in [6.45, 7) is 7.41. The van der Waals surface area contributed by atoms with E-state index < -0.39 is 0 Å². The van der Waals surface area contributed by atoms with Crippen LogP contribution in [0.15, 0.2) is 42.5 Å². The molecule has 2 aromatic carbocycles. The van der Waals surface area contributed by atoms with Gasteiger partial charge >= 0.3 is 6.03 Å². The molecule has 0 bridgehead atoms. The Morgan fingerprint density at radius 1 is 1.07 bits per heavy atom. The lowest BCUT2D eigenvalue weighted by Gasteiger charge is -2.32. The maximum atomic E-state index is 12.7. The molecule has 2 aliphatic heterocycles. The second-order valence-electron chi connectivity index (χ2n) is 7.84. The summed E-state index contributed by atoms with van der Waals surface area (Å²) < 4.78 is 11.3. The van der Waals surface area contributed by atoms with Crippen LogP contribution in [-0.2, 0) is 18.4 Å². The molecular formula is C22H26N2O3. The molecule has 0 fully saturated rings. The van der Waals surface area contributed by atoms with Gasteiger partial charge in [0.2, 0.25) is 0 Å². The first-order valence-corrected chi connectivity index (χ1v) is 9.53. The van der Waals surface area contributed by atoms with Gasteiger partial charge in [-0.05, 0) is 35.2 Å². The van der Waals surface area contributed by atoms with E-state index in [2.05, 4.69) is 43.4 Å². The van der Waals surface area contributed by atoms with Gasteiger partial charge in [0.1, 0.15) is 13.2 Å². The van der Waals surface area contributed by atoms with E-state index in [0.717, 1.165) is 30.0 Å². The highest BCUT2D eigenvalue weighted by Crippen LogP contribution is 2.35. The van der Waals surface area contributed by atoms with E-state index in [4.69, 9.17) is 9.47 Å². The summed E-state index contributed by atoms with van der Waals surface area (Å²) in [6.07, 6.45) is 0.912. The Labute approximate surface area is 160 Å². The largest absolute Gasteiger partial charge is 0.486 e. The number of fused-ring (bicyclic) bond motifs is 2. The standard InChI is InChI=1S/C22H26N2O3/c1-22(2,18-7-8-19-20(13-18)27-12-11-26-19)15-23-21(25)24-10-9-16-5-3-4-6-17(16)14-24/h3-8,13H,9-12,14-15H2,1-2H3,(H,23,25). The first kappa shape index (κ1) is 17.7. The first-order valence-electron chi connectivity index (χ1n) is 9.53. The predicted molar refractivity (Wildman–Crippen MR) is 104 cm³/mol. The highest BCUT2D eigenvalue weighted by Gasteiger charge is 2.26. The number of carbonyl (C=O) groups is 1. The van der Waals surface area contributed by atoms with Crippen LogP contribution in [0.5, 0.6) is 11.5 Å². The molecule has 0 saturated heterocycles. The van der Waals surface area contributed by atoms with Gasteiger partial charge in [0.05, 0.1) is 0 Å². The third kappa shape index (κ3) is 3.72. The fourth-order valence-electron chi connectivity index (χ4n) is 3.64. The van der Waals surface area contributed by atoms with Gasteiger partial charge in [-0.25, -0.2) is 4.79 Å². The summed E-state index contributed by atoms with van der Waals surface area (Å²) in [6, 6.07) is 14.4. The Morgan fingerprint density at radius 3 is 2.63 bits per heavy atom. The fourth-order valence-corrected chi connectivity index (χ4v) is 3.64. The van der Waals surface area contributed by atoms with E-state index in [1.807, 2.05) is 23.1 Å². The van der Waals surface area contributed by atoms with Crippen molar-refractivity contribution in [1.82, 2.24) is 10.2 Å². The average Bonchev–Trinajstić information content (AvgIpc) is 2.71. The second kappa shape index (κ2) is 7.14. The van der Waals surface area contributed by atoms with Crippen LogP contribution in [0.25, 0.3) is 0 Å². The SMILES string of the molecule is CC(C)(CNC(=O)N1CCc2ccccc2C1)c1ccc2c(c1)OCCO2. The number of rotatable bonds is 3. The van der Waals surface area contributed by atoms with E-state index in [9.17, 15) is 4.79 Å². The Hall–Kier alpha value is -2.69. The van der Waals surface area contributed by atoms with Gasteiger partial charge < -0.3 is 19.7 Å². The summed E-state index contributed by atoms with van der Waals surface area (Å²) in [7, 11) is 0. The van der Waals surface area contributed by atoms with E-state index in [-0.39, 0.29) is 11.4 Å². The van der Waals surface area contributed by atoms with Crippen molar-refractivity contribution < 1.29 is 14.3 Å². The average molecular weight is 366 g/mol. The van der Waals surface area contributed by atoms with Crippen molar-refractivity contribution >= 4 is 6.03 Å². The molecule has 142 valence electrons. The molecule has 2 amide bonds. The number of benzene rings is 2. The van der Waals surface area contributed by atoms with Gasteiger partial charge in [-0.2, -0.15) is 0 Å². The number of hydrogen-bond donors (Lipinski definition) is 1. The van der Waals surface area contributed by atoms with Gasteiger partial charge in [0.25, 0.3) is 0 Å². The number of ether oxygens (including phenoxy) is 2. The number of nitrogens with zero attached hydrogens (tertiary/aromatic N) is 1. The number of hydrogen-bond acceptors (Lipinski definition) is 3. The molecule has 0 aromatic heterocycles. The Bertz CT molecular complexity index is 847. The number of urea groups is 1. The quantitative estimate of drug-likeness (QED) is 0.904. The lowest BCUT2D eigenvalue weighted by molar-refractivity contribution is 0.171. The summed E-state index contributed by atoms with van der Waals surface area (Å²) in [5, 5.41) is 3.12. The molecule has 2 heterocycles. The Balaban J connectivity index is 1.39. The van der Waals surface area contributed by atoms with Crippen molar-refractivity contribution in [1.29, 1.82) is 0 Å². The predicted octanol–water partition coefficient (Wildman–Crippen LogP) is 3.50. The summed E-state index contributed by atoms with van der Waals surface area (Å²) in [5.74, 6) is 1.57. The van der Waals surface area contributed by atoms with Gasteiger partial charge in [0, 0.05) is 25.0 Å². The van der Waals surface area contributed by atoms with Crippen molar-refractivity contribution in [3.63, 3.8) is 0 Å². The molecule has 0 aliphatic carbocycles. The van der Waals surface area contributed by atoms with Crippen LogP contribution in [0.2, 0.25) is 0 Å². The van der Waals surface area contributed by atoms with Crippen LogP contribution in [0.1, 0.15) is 30.5 Å². The number of amides is 2. The molecule has 4 rings (SSSR count). The summed E-state index contributed by atoms with van der Waals surface area (Å²) in [5.41, 5.74) is 3.50. The van der Waals surface area contributed by atoms with E-state index in [1.54, 1.807) is 0 Å². The van der Waals surface area contributed by atoms with Gasteiger partial charge in [-0.15, -0.1) is 0 Å². The highest BCUT2D eigenvalue weighted by molar-refractivity contribution is 5.74. The van der Waals surface area contributed by atoms with Crippen molar-refractivity contribution in [3.8, 4) is 11.5 Å². The molecule has 5 heteroatoms. The minimum absolute atomic E-state index is 0.00452. The van der Waals surface area contributed by atoms with Gasteiger partial charge in [0.15, 0.2) is 11.5 Å². The number of carbonyl (C=O) groups excluding carboxylic acids is 1. The van der Waals surface area contributed by atoms with Crippen molar-refractivity contribution in [2.24, 2.45) is 0 Å². The number of nitrogens with one attached hydrogen (secondary N) is 1. The zero-order valence-corrected chi connectivity index (χ0v) is 16.0. The molecular weight excluding hydrogens is 340 g/mol. The molecule has 27 heavy (non-hydrogen) atoms. The molecule has 2 aliphatic rings. The first-order chi connectivity index (χ1) is 13.0. The third-order valence-corrected chi connectivity index (χ3v) is 5.42. The van der Waals surface area contributed by atoms with Crippen LogP contribution in [0.4, 0.5) is 4.79 Å². The van der Waals surface area contributed by atoms with Gasteiger partial charge in [-0.3, -0.25) is 0 Å². The summed E-state index contributed by atoms with van der Waals surface area (Å²) in [4.78, 5) is 14.6. The Morgan fingerprint density at radius 2 is 1.81 bits per heavy atom. The Kier molecular flexibility index (Phi) is 4.68. The van der Waals surface area contributed by atoms with Crippen LogP contribution < -0.4 is 14.8 Å². The maximum absolute atomic E-state index is 12.7. The zero-order chi connectivity index (χ0) is 18.9.